The zero-order valence-corrected chi connectivity index (χ0v) is 47.5. The van der Waals surface area contributed by atoms with E-state index in [1.165, 1.54) is 55.9 Å². The molecule has 2 aromatic carbocycles. The van der Waals surface area contributed by atoms with Crippen LogP contribution in [0.15, 0.2) is 98.1 Å². The maximum atomic E-state index is 6.72. The Bertz CT molecular complexity index is 2770. The molecule has 74 heavy (non-hydrogen) atoms. The van der Waals surface area contributed by atoms with Crippen LogP contribution in [-0.4, -0.2) is 89.2 Å². The van der Waals surface area contributed by atoms with Crippen LogP contribution < -0.4 is 10.6 Å². The van der Waals surface area contributed by atoms with Crippen molar-refractivity contribution in [2.75, 3.05) is 26.2 Å². The van der Waals surface area contributed by atoms with E-state index in [-0.39, 0.29) is 35.0 Å². The van der Waals surface area contributed by atoms with Gasteiger partial charge in [-0.3, -0.25) is 9.97 Å². The first-order valence-corrected chi connectivity index (χ1v) is 28.0. The van der Waals surface area contributed by atoms with E-state index in [0.717, 1.165) is 73.3 Å². The Morgan fingerprint density at radius 3 is 1.26 bits per heavy atom. The van der Waals surface area contributed by atoms with Gasteiger partial charge in [0.25, 0.3) is 0 Å². The fourth-order valence-corrected chi connectivity index (χ4v) is 13.4. The maximum Gasteiger partial charge on any atom is 0.0946 e. The number of hydrogen-bond acceptors (Lipinski definition) is 8. The molecule has 0 radical (unpaired) electrons. The van der Waals surface area contributed by atoms with E-state index in [1.807, 2.05) is 37.4 Å². The summed E-state index contributed by atoms with van der Waals surface area (Å²) in [6.07, 6.45) is 20.9. The van der Waals surface area contributed by atoms with Gasteiger partial charge in [0.15, 0.2) is 0 Å². The van der Waals surface area contributed by atoms with Crippen LogP contribution in [0.2, 0.25) is 10.0 Å². The fraction of sp³-hybridized carbons (Fsp3) is 0.484. The Balaban J connectivity index is 0.000000182. The molecule has 10 nitrogen and oxygen atoms in total. The fourth-order valence-electron chi connectivity index (χ4n) is 13.0. The van der Waals surface area contributed by atoms with E-state index in [9.17, 15) is 0 Å². The number of pyridine rings is 2. The third-order valence-electron chi connectivity index (χ3n) is 17.1. The predicted molar refractivity (Wildman–Crippen MR) is 307 cm³/mol. The number of likely N-dealkylation sites (tertiary alicyclic amines) is 2. The smallest absolute Gasteiger partial charge is 0.0946 e. The van der Waals surface area contributed by atoms with E-state index < -0.39 is 0 Å². The topological polar surface area (TPSA) is 92.0 Å². The van der Waals surface area contributed by atoms with Crippen molar-refractivity contribution in [1.82, 2.24) is 49.5 Å². The van der Waals surface area contributed by atoms with E-state index in [4.69, 9.17) is 33.2 Å². The molecule has 392 valence electrons. The molecule has 10 rings (SSSR count). The number of aromatic nitrogens is 6. The second-order valence-electron chi connectivity index (χ2n) is 23.0. The Kier molecular flexibility index (Phi) is 16.3. The minimum Gasteiger partial charge on any atom is -0.336 e. The standard InChI is InChI=1S/2C31H40ClN5/c2*1-20(2)35-29(28-18-33-19-36(28)6)26-16-22-8-7-13-34-30(22)31(5,27-10-9-24(32)17-25(26)27)23-11-14-37(15-12-23)21(3)4/h2*7-10,13,16-21,23,29,35H,11-12,14-15H2,1-6H3/t29-,31-;/m1./s1. The summed E-state index contributed by atoms with van der Waals surface area (Å²) in [5, 5.41) is 9.19. The zero-order chi connectivity index (χ0) is 52.6. The molecule has 4 aromatic heterocycles. The summed E-state index contributed by atoms with van der Waals surface area (Å²) >= 11 is 13.4. The molecule has 6 heterocycles. The van der Waals surface area contributed by atoms with Crippen LogP contribution in [0.1, 0.15) is 163 Å². The molecule has 0 bridgehead atoms. The first-order valence-electron chi connectivity index (χ1n) is 27.3. The Morgan fingerprint density at radius 1 is 0.554 bits per heavy atom. The van der Waals surface area contributed by atoms with Gasteiger partial charge < -0.3 is 29.6 Å². The van der Waals surface area contributed by atoms with Gasteiger partial charge in [0.1, 0.15) is 0 Å². The molecule has 2 aliphatic carbocycles. The van der Waals surface area contributed by atoms with Crippen LogP contribution >= 0.6 is 23.2 Å². The van der Waals surface area contributed by atoms with Crippen molar-refractivity contribution >= 4 is 46.5 Å². The van der Waals surface area contributed by atoms with Crippen molar-refractivity contribution < 1.29 is 0 Å². The van der Waals surface area contributed by atoms with Gasteiger partial charge in [-0.25, -0.2) is 9.97 Å². The number of rotatable bonds is 12. The molecule has 2 fully saturated rings. The minimum atomic E-state index is -0.229. The van der Waals surface area contributed by atoms with E-state index in [0.29, 0.717) is 23.9 Å². The largest absolute Gasteiger partial charge is 0.336 e. The summed E-state index contributed by atoms with van der Waals surface area (Å²) in [7, 11) is 4.13. The molecule has 12 heteroatoms. The quantitative estimate of drug-likeness (QED) is 0.125. The summed E-state index contributed by atoms with van der Waals surface area (Å²) < 4.78 is 4.22. The Morgan fingerprint density at radius 2 is 0.932 bits per heavy atom. The Labute approximate surface area is 452 Å². The molecule has 2 N–H and O–H groups in total. The van der Waals surface area contributed by atoms with E-state index in [2.05, 4.69) is 196 Å². The summed E-state index contributed by atoms with van der Waals surface area (Å²) in [6, 6.07) is 23.2. The van der Waals surface area contributed by atoms with Crippen LogP contribution in [-0.2, 0) is 24.9 Å². The van der Waals surface area contributed by atoms with Gasteiger partial charge in [-0.1, -0.05) is 47.5 Å². The van der Waals surface area contributed by atoms with Gasteiger partial charge in [-0.05, 0) is 226 Å². The van der Waals surface area contributed by atoms with Gasteiger partial charge in [0.05, 0.1) is 59.9 Å². The molecule has 0 spiro atoms. The van der Waals surface area contributed by atoms with Crippen LogP contribution in [0.25, 0.3) is 23.3 Å². The number of piperidine rings is 2. The summed E-state index contributed by atoms with van der Waals surface area (Å²) in [4.78, 5) is 24.3. The third kappa shape index (κ3) is 10.5. The second kappa shape index (κ2) is 22.3. The molecule has 2 aliphatic heterocycles. The van der Waals surface area contributed by atoms with Crippen molar-refractivity contribution in [1.29, 1.82) is 0 Å². The molecule has 2 saturated heterocycles. The highest BCUT2D eigenvalue weighted by atomic mass is 35.5. The van der Waals surface area contributed by atoms with Crippen molar-refractivity contribution in [3.05, 3.63) is 164 Å². The van der Waals surface area contributed by atoms with Crippen molar-refractivity contribution in [3.8, 4) is 0 Å². The second-order valence-corrected chi connectivity index (χ2v) is 23.9. The number of halogens is 2. The lowest BCUT2D eigenvalue weighted by Gasteiger charge is -2.44. The van der Waals surface area contributed by atoms with Gasteiger partial charge in [0.2, 0.25) is 0 Å². The molecule has 2 unspecified atom stereocenters. The lowest BCUT2D eigenvalue weighted by molar-refractivity contribution is 0.121. The number of benzene rings is 2. The number of fused-ring (bicyclic) bond motifs is 4. The summed E-state index contributed by atoms with van der Waals surface area (Å²) in [5.74, 6) is 0.967. The molecule has 0 amide bonds. The van der Waals surface area contributed by atoms with Gasteiger partial charge >= 0.3 is 0 Å². The van der Waals surface area contributed by atoms with Crippen molar-refractivity contribution in [2.45, 2.75) is 142 Å². The monoisotopic (exact) mass is 1030 g/mol. The molecule has 0 saturated carbocycles. The lowest BCUT2D eigenvalue weighted by Crippen LogP contribution is -2.45. The number of aryl methyl sites for hydroxylation is 2. The minimum absolute atomic E-state index is 0.0390. The molecular formula is C62H80Cl2N10. The van der Waals surface area contributed by atoms with Crippen molar-refractivity contribution in [2.24, 2.45) is 25.9 Å². The SMILES string of the molecule is CC(C)NC(C1=Cc2cccnc2C(C)(C2CCN(C(C)C)CC2)c2ccc(Cl)cc21)c1cncn1C.CC(C)N[C@H](C1=Cc2cccnc2[C@](C)(C2CCN(C(C)C)CC2)c2ccc(Cl)cc21)c1cncn1C. The summed E-state index contributed by atoms with van der Waals surface area (Å²) in [6.45, 7) is 27.3. The van der Waals surface area contributed by atoms with Crippen LogP contribution in [0.3, 0.4) is 0 Å². The lowest BCUT2D eigenvalue weighted by atomic mass is 9.64. The average molecular weight is 1040 g/mol. The number of nitrogens with one attached hydrogen (secondary N) is 2. The maximum absolute atomic E-state index is 6.72. The highest BCUT2D eigenvalue weighted by molar-refractivity contribution is 6.31. The highest BCUT2D eigenvalue weighted by Gasteiger charge is 2.47. The molecule has 6 aromatic rings. The van der Waals surface area contributed by atoms with E-state index in [1.54, 1.807) is 0 Å². The first-order chi connectivity index (χ1) is 35.4. The first kappa shape index (κ1) is 53.9. The number of hydrogen-bond donors (Lipinski definition) is 2. The van der Waals surface area contributed by atoms with Gasteiger partial charge in [0, 0.05) is 71.5 Å². The average Bonchev–Trinajstić information content (AvgIpc) is 3.97. The summed E-state index contributed by atoms with van der Waals surface area (Å²) in [5.41, 5.74) is 14.0. The molecule has 4 aliphatic rings. The van der Waals surface area contributed by atoms with Crippen molar-refractivity contribution in [3.63, 3.8) is 0 Å². The van der Waals surface area contributed by atoms with Gasteiger partial charge in [-0.2, -0.15) is 0 Å². The Hall–Kier alpha value is -4.94. The van der Waals surface area contributed by atoms with Crippen LogP contribution in [0.5, 0.6) is 0 Å². The predicted octanol–water partition coefficient (Wildman–Crippen LogP) is 13.0. The number of nitrogens with zero attached hydrogens (tertiary/aromatic N) is 8. The molecular weight excluding hydrogens is 956 g/mol. The van der Waals surface area contributed by atoms with Gasteiger partial charge in [-0.15, -0.1) is 0 Å². The highest BCUT2D eigenvalue weighted by Crippen LogP contribution is 2.53. The normalized spacial score (nSPS) is 21.5. The molecule has 4 atom stereocenters. The van der Waals surface area contributed by atoms with Crippen LogP contribution in [0, 0.1) is 11.8 Å². The third-order valence-corrected chi connectivity index (χ3v) is 17.5. The van der Waals surface area contributed by atoms with E-state index >= 15 is 0 Å². The van der Waals surface area contributed by atoms with Crippen LogP contribution in [0.4, 0.5) is 0 Å². The zero-order valence-electron chi connectivity index (χ0n) is 46.0. The number of imidazole rings is 2.